The fraction of sp³-hybridized carbons (Fsp3) is 0.882. The smallest absolute Gasteiger partial charge is 0.239 e. The van der Waals surface area contributed by atoms with E-state index in [1.54, 1.807) is 11.9 Å². The number of likely N-dealkylation sites (N-methyl/N-ethyl adjacent to an activating group) is 1. The molecule has 0 radical (unpaired) electrons. The first-order valence-corrected chi connectivity index (χ1v) is 8.70. The van der Waals surface area contributed by atoms with Crippen LogP contribution in [0.15, 0.2) is 0 Å². The number of nitriles is 1. The van der Waals surface area contributed by atoms with E-state index in [1.807, 2.05) is 6.92 Å². The van der Waals surface area contributed by atoms with Gasteiger partial charge in [0.2, 0.25) is 5.91 Å². The Morgan fingerprint density at radius 3 is 2.73 bits per heavy atom. The Morgan fingerprint density at radius 1 is 1.32 bits per heavy atom. The Bertz CT molecular complexity index is 400. The van der Waals surface area contributed by atoms with Gasteiger partial charge in [0.25, 0.3) is 0 Å². The van der Waals surface area contributed by atoms with E-state index >= 15 is 0 Å². The molecule has 2 saturated heterocycles. The summed E-state index contributed by atoms with van der Waals surface area (Å²) in [4.78, 5) is 19.0. The van der Waals surface area contributed by atoms with Crippen LogP contribution < -0.4 is 0 Å². The van der Waals surface area contributed by atoms with Crippen molar-refractivity contribution < 1.29 is 4.79 Å². The van der Waals surface area contributed by atoms with E-state index < -0.39 is 0 Å². The standard InChI is InChI=1S/C17H30N4O/c1-15(17(22)19(2)9-6-8-18)21-12-7-16(14-21)13-20-10-4-3-5-11-20/h15-16H,3-7,9-14H2,1-2H3/t15-,16+/m1/s1. The van der Waals surface area contributed by atoms with Gasteiger partial charge >= 0.3 is 0 Å². The topological polar surface area (TPSA) is 50.6 Å². The van der Waals surface area contributed by atoms with Gasteiger partial charge in [0, 0.05) is 26.7 Å². The maximum absolute atomic E-state index is 12.4. The lowest BCUT2D eigenvalue weighted by atomic mass is 10.1. The molecule has 1 amide bonds. The number of rotatable bonds is 6. The van der Waals surface area contributed by atoms with Crippen LogP contribution >= 0.6 is 0 Å². The Kier molecular flexibility index (Phi) is 6.66. The maximum atomic E-state index is 12.4. The summed E-state index contributed by atoms with van der Waals surface area (Å²) in [5.41, 5.74) is 0. The van der Waals surface area contributed by atoms with E-state index in [9.17, 15) is 4.79 Å². The Balaban J connectivity index is 1.76. The quantitative estimate of drug-likeness (QED) is 0.747. The van der Waals surface area contributed by atoms with E-state index in [4.69, 9.17) is 5.26 Å². The van der Waals surface area contributed by atoms with Crippen LogP contribution in [0.4, 0.5) is 0 Å². The molecule has 2 rings (SSSR count). The highest BCUT2D eigenvalue weighted by molar-refractivity contribution is 5.81. The molecule has 0 aromatic carbocycles. The fourth-order valence-electron chi connectivity index (χ4n) is 3.67. The number of amides is 1. The summed E-state index contributed by atoms with van der Waals surface area (Å²) in [5, 5.41) is 8.63. The lowest BCUT2D eigenvalue weighted by molar-refractivity contribution is -0.134. The minimum absolute atomic E-state index is 0.0601. The fourth-order valence-corrected chi connectivity index (χ4v) is 3.67. The molecule has 0 spiro atoms. The summed E-state index contributed by atoms with van der Waals surface area (Å²) in [6.07, 6.45) is 5.68. The molecule has 124 valence electrons. The van der Waals surface area contributed by atoms with Crippen LogP contribution in [0.2, 0.25) is 0 Å². The second kappa shape index (κ2) is 8.50. The zero-order valence-electron chi connectivity index (χ0n) is 14.1. The SMILES string of the molecule is C[C@H](C(=O)N(C)CCC#N)N1CC[C@@H](CN2CCCCC2)C1. The van der Waals surface area contributed by atoms with Crippen molar-refractivity contribution in [1.82, 2.24) is 14.7 Å². The Morgan fingerprint density at radius 2 is 2.05 bits per heavy atom. The molecule has 0 aliphatic carbocycles. The van der Waals surface area contributed by atoms with Crippen molar-refractivity contribution in [3.05, 3.63) is 0 Å². The normalized spacial score (nSPS) is 24.9. The van der Waals surface area contributed by atoms with Gasteiger partial charge in [-0.3, -0.25) is 9.69 Å². The van der Waals surface area contributed by atoms with Crippen molar-refractivity contribution in [2.45, 2.75) is 45.1 Å². The van der Waals surface area contributed by atoms with Gasteiger partial charge in [-0.05, 0) is 51.7 Å². The second-order valence-electron chi connectivity index (χ2n) is 6.85. The predicted octanol–water partition coefficient (Wildman–Crippen LogP) is 1.55. The number of carbonyl (C=O) groups excluding carboxylic acids is 1. The average Bonchev–Trinajstić information content (AvgIpc) is 3.00. The van der Waals surface area contributed by atoms with Crippen molar-refractivity contribution in [1.29, 1.82) is 5.26 Å². The van der Waals surface area contributed by atoms with Crippen LogP contribution in [0.3, 0.4) is 0 Å². The number of piperidine rings is 1. The van der Waals surface area contributed by atoms with Crippen LogP contribution in [0.5, 0.6) is 0 Å². The van der Waals surface area contributed by atoms with Crippen molar-refractivity contribution >= 4 is 5.91 Å². The highest BCUT2D eigenvalue weighted by Gasteiger charge is 2.31. The van der Waals surface area contributed by atoms with E-state index in [0.29, 0.717) is 18.9 Å². The summed E-state index contributed by atoms with van der Waals surface area (Å²) in [7, 11) is 1.80. The van der Waals surface area contributed by atoms with Crippen molar-refractivity contribution in [3.8, 4) is 6.07 Å². The largest absolute Gasteiger partial charge is 0.343 e. The molecule has 0 bridgehead atoms. The Labute approximate surface area is 134 Å². The van der Waals surface area contributed by atoms with Crippen LogP contribution in [0.1, 0.15) is 39.0 Å². The van der Waals surface area contributed by atoms with Gasteiger partial charge in [0.15, 0.2) is 0 Å². The monoisotopic (exact) mass is 306 g/mol. The molecule has 2 atom stereocenters. The first-order valence-electron chi connectivity index (χ1n) is 8.70. The zero-order valence-corrected chi connectivity index (χ0v) is 14.1. The highest BCUT2D eigenvalue weighted by atomic mass is 16.2. The van der Waals surface area contributed by atoms with Crippen molar-refractivity contribution in [2.24, 2.45) is 5.92 Å². The molecule has 2 aliphatic heterocycles. The van der Waals surface area contributed by atoms with E-state index in [-0.39, 0.29) is 11.9 Å². The molecule has 2 aliphatic rings. The van der Waals surface area contributed by atoms with Crippen LogP contribution in [-0.2, 0) is 4.79 Å². The molecule has 0 N–H and O–H groups in total. The number of nitrogens with zero attached hydrogens (tertiary/aromatic N) is 4. The summed E-state index contributed by atoms with van der Waals surface area (Å²) >= 11 is 0. The second-order valence-corrected chi connectivity index (χ2v) is 6.85. The molecular formula is C17H30N4O. The van der Waals surface area contributed by atoms with Gasteiger partial charge in [-0.1, -0.05) is 6.42 Å². The minimum Gasteiger partial charge on any atom is -0.343 e. The summed E-state index contributed by atoms with van der Waals surface area (Å²) in [5.74, 6) is 0.853. The van der Waals surface area contributed by atoms with Gasteiger partial charge < -0.3 is 9.80 Å². The third-order valence-corrected chi connectivity index (χ3v) is 5.12. The number of hydrogen-bond donors (Lipinski definition) is 0. The lowest BCUT2D eigenvalue weighted by Gasteiger charge is -2.30. The first-order chi connectivity index (χ1) is 10.6. The van der Waals surface area contributed by atoms with Gasteiger partial charge in [0.05, 0.1) is 18.5 Å². The molecule has 22 heavy (non-hydrogen) atoms. The minimum atomic E-state index is -0.0601. The average molecular weight is 306 g/mol. The number of hydrogen-bond acceptors (Lipinski definition) is 4. The Hall–Kier alpha value is -1.12. The molecule has 0 aromatic heterocycles. The number of carbonyl (C=O) groups is 1. The van der Waals surface area contributed by atoms with Crippen molar-refractivity contribution in [3.63, 3.8) is 0 Å². The molecule has 2 heterocycles. The molecule has 5 nitrogen and oxygen atoms in total. The molecule has 2 fully saturated rings. The predicted molar refractivity (Wildman–Crippen MR) is 87.3 cm³/mol. The highest BCUT2D eigenvalue weighted by Crippen LogP contribution is 2.22. The molecular weight excluding hydrogens is 276 g/mol. The zero-order chi connectivity index (χ0) is 15.9. The van der Waals surface area contributed by atoms with Crippen molar-refractivity contribution in [2.75, 3.05) is 46.3 Å². The summed E-state index contributed by atoms with van der Waals surface area (Å²) in [6.45, 7) is 8.30. The van der Waals surface area contributed by atoms with Crippen LogP contribution in [-0.4, -0.2) is 73.0 Å². The van der Waals surface area contributed by atoms with Crippen LogP contribution in [0.25, 0.3) is 0 Å². The third kappa shape index (κ3) is 4.69. The third-order valence-electron chi connectivity index (χ3n) is 5.12. The molecule has 0 saturated carbocycles. The maximum Gasteiger partial charge on any atom is 0.239 e. The summed E-state index contributed by atoms with van der Waals surface area (Å²) < 4.78 is 0. The van der Waals surface area contributed by atoms with E-state index in [1.165, 1.54) is 45.3 Å². The van der Waals surface area contributed by atoms with Crippen LogP contribution in [0, 0.1) is 17.2 Å². The number of likely N-dealkylation sites (tertiary alicyclic amines) is 2. The van der Waals surface area contributed by atoms with Gasteiger partial charge in [-0.15, -0.1) is 0 Å². The molecule has 0 aromatic rings. The molecule has 5 heteroatoms. The first kappa shape index (κ1) is 17.2. The molecule has 0 unspecified atom stereocenters. The van der Waals surface area contributed by atoms with Gasteiger partial charge in [0.1, 0.15) is 0 Å². The van der Waals surface area contributed by atoms with Gasteiger partial charge in [-0.2, -0.15) is 5.26 Å². The van der Waals surface area contributed by atoms with E-state index in [2.05, 4.69) is 15.9 Å². The lowest BCUT2D eigenvalue weighted by Crippen LogP contribution is -2.45. The summed E-state index contributed by atoms with van der Waals surface area (Å²) in [6, 6.07) is 2.04. The van der Waals surface area contributed by atoms with Gasteiger partial charge in [-0.25, -0.2) is 0 Å². The van der Waals surface area contributed by atoms with E-state index in [0.717, 1.165) is 13.1 Å².